The summed E-state index contributed by atoms with van der Waals surface area (Å²) < 4.78 is 0. The number of primary amides is 1. The Bertz CT molecular complexity index is 620. The second kappa shape index (κ2) is 7.36. The number of hydrogen-bond donors (Lipinski definition) is 1. The number of nitrogens with two attached hydrogens (primary N) is 1. The summed E-state index contributed by atoms with van der Waals surface area (Å²) in [5.41, 5.74) is 9.66. The number of urea groups is 1. The zero-order valence-corrected chi connectivity index (χ0v) is 15.3. The molecule has 1 aliphatic heterocycles. The van der Waals surface area contributed by atoms with Gasteiger partial charge in [0.15, 0.2) is 0 Å². The number of anilines is 1. The normalized spacial score (nSPS) is 22.7. The van der Waals surface area contributed by atoms with Crippen LogP contribution in [0.5, 0.6) is 0 Å². The third-order valence-electron chi connectivity index (χ3n) is 6.57. The standard InChI is InChI=1S/C21H31N3O/c22-21(25)24(19-5-2-1-3-6-19)20-10-9-16-11-13-23(18-7-4-8-18)14-12-17(16)15-20/h9-10,15,18-19H,1-8,11-14H2,(H2,22,25). The summed E-state index contributed by atoms with van der Waals surface area (Å²) in [6.45, 7) is 2.33. The molecule has 2 saturated carbocycles. The molecular formula is C21H31N3O. The molecule has 0 radical (unpaired) electrons. The van der Waals surface area contributed by atoms with Gasteiger partial charge >= 0.3 is 6.03 Å². The van der Waals surface area contributed by atoms with Gasteiger partial charge in [-0.1, -0.05) is 31.7 Å². The van der Waals surface area contributed by atoms with E-state index in [-0.39, 0.29) is 12.1 Å². The van der Waals surface area contributed by atoms with Crippen LogP contribution in [-0.2, 0) is 12.8 Å². The first-order valence-electron chi connectivity index (χ1n) is 10.2. The van der Waals surface area contributed by atoms with Crippen LogP contribution in [0.2, 0.25) is 0 Å². The van der Waals surface area contributed by atoms with Crippen LogP contribution in [0, 0.1) is 0 Å². The zero-order chi connectivity index (χ0) is 17.2. The number of carbonyl (C=O) groups is 1. The zero-order valence-electron chi connectivity index (χ0n) is 15.3. The van der Waals surface area contributed by atoms with Crippen molar-refractivity contribution in [3.63, 3.8) is 0 Å². The van der Waals surface area contributed by atoms with Gasteiger partial charge < -0.3 is 5.73 Å². The van der Waals surface area contributed by atoms with E-state index in [2.05, 4.69) is 23.1 Å². The van der Waals surface area contributed by atoms with Gasteiger partial charge in [-0.05, 0) is 61.8 Å². The van der Waals surface area contributed by atoms with Crippen LogP contribution in [-0.4, -0.2) is 36.1 Å². The van der Waals surface area contributed by atoms with Crippen LogP contribution >= 0.6 is 0 Å². The van der Waals surface area contributed by atoms with Crippen LogP contribution in [0.3, 0.4) is 0 Å². The SMILES string of the molecule is NC(=O)N(c1ccc2c(c1)CCN(C1CCC1)CC2)C1CCCCC1. The molecular weight excluding hydrogens is 310 g/mol. The monoisotopic (exact) mass is 341 g/mol. The molecule has 0 aromatic heterocycles. The minimum absolute atomic E-state index is 0.279. The van der Waals surface area contributed by atoms with E-state index in [4.69, 9.17) is 5.73 Å². The Morgan fingerprint density at radius 1 is 0.960 bits per heavy atom. The quantitative estimate of drug-likeness (QED) is 0.907. The summed E-state index contributed by atoms with van der Waals surface area (Å²) in [5, 5.41) is 0. The fourth-order valence-electron chi connectivity index (χ4n) is 4.85. The highest BCUT2D eigenvalue weighted by Gasteiger charge is 2.28. The van der Waals surface area contributed by atoms with Gasteiger partial charge in [0.2, 0.25) is 0 Å². The minimum Gasteiger partial charge on any atom is -0.351 e. The number of carbonyl (C=O) groups excluding carboxylic acids is 1. The first-order chi connectivity index (χ1) is 12.2. The van der Waals surface area contributed by atoms with Gasteiger partial charge in [0.05, 0.1) is 0 Å². The van der Waals surface area contributed by atoms with Crippen molar-refractivity contribution in [3.8, 4) is 0 Å². The van der Waals surface area contributed by atoms with Crippen molar-refractivity contribution in [2.75, 3.05) is 18.0 Å². The van der Waals surface area contributed by atoms with Gasteiger partial charge in [0.1, 0.15) is 0 Å². The van der Waals surface area contributed by atoms with Crippen molar-refractivity contribution in [2.24, 2.45) is 5.73 Å². The molecule has 2 amide bonds. The molecule has 1 aromatic carbocycles. The fourth-order valence-corrected chi connectivity index (χ4v) is 4.85. The Hall–Kier alpha value is -1.55. The average molecular weight is 341 g/mol. The molecule has 136 valence electrons. The van der Waals surface area contributed by atoms with Crippen LogP contribution in [0.15, 0.2) is 18.2 Å². The highest BCUT2D eigenvalue weighted by molar-refractivity contribution is 5.91. The summed E-state index contributed by atoms with van der Waals surface area (Å²) >= 11 is 0. The lowest BCUT2D eigenvalue weighted by Crippen LogP contribution is -2.44. The number of hydrogen-bond acceptors (Lipinski definition) is 2. The molecule has 0 bridgehead atoms. The molecule has 2 aliphatic carbocycles. The van der Waals surface area contributed by atoms with Gasteiger partial charge in [-0.25, -0.2) is 4.79 Å². The van der Waals surface area contributed by atoms with Gasteiger partial charge in [0, 0.05) is 30.9 Å². The largest absolute Gasteiger partial charge is 0.351 e. The lowest BCUT2D eigenvalue weighted by molar-refractivity contribution is 0.133. The molecule has 2 fully saturated rings. The maximum absolute atomic E-state index is 12.2. The summed E-state index contributed by atoms with van der Waals surface area (Å²) in [6, 6.07) is 7.42. The second-order valence-electron chi connectivity index (χ2n) is 8.07. The maximum atomic E-state index is 12.2. The summed E-state index contributed by atoms with van der Waals surface area (Å²) in [6.07, 6.45) is 12.2. The summed E-state index contributed by atoms with van der Waals surface area (Å²) in [5.74, 6) is 0. The van der Waals surface area contributed by atoms with Crippen LogP contribution in [0.1, 0.15) is 62.5 Å². The number of rotatable bonds is 3. The lowest BCUT2D eigenvalue weighted by Gasteiger charge is -2.36. The van der Waals surface area contributed by atoms with E-state index in [1.165, 1.54) is 56.2 Å². The summed E-state index contributed by atoms with van der Waals surface area (Å²) in [4.78, 5) is 16.7. The van der Waals surface area contributed by atoms with E-state index in [1.807, 2.05) is 4.90 Å². The number of nitrogens with zero attached hydrogens (tertiary/aromatic N) is 2. The second-order valence-corrected chi connectivity index (χ2v) is 8.07. The smallest absolute Gasteiger partial charge is 0.319 e. The molecule has 3 aliphatic rings. The van der Waals surface area contributed by atoms with Crippen molar-refractivity contribution in [3.05, 3.63) is 29.3 Å². The predicted molar refractivity (Wildman–Crippen MR) is 102 cm³/mol. The van der Waals surface area contributed by atoms with E-state index in [9.17, 15) is 4.79 Å². The Morgan fingerprint density at radius 3 is 2.32 bits per heavy atom. The van der Waals surface area contributed by atoms with Crippen molar-refractivity contribution in [1.29, 1.82) is 0 Å². The van der Waals surface area contributed by atoms with Crippen molar-refractivity contribution >= 4 is 11.7 Å². The number of fused-ring (bicyclic) bond motifs is 1. The molecule has 1 heterocycles. The average Bonchev–Trinajstić information content (AvgIpc) is 2.77. The van der Waals surface area contributed by atoms with E-state index in [0.29, 0.717) is 0 Å². The molecule has 4 nitrogen and oxygen atoms in total. The van der Waals surface area contributed by atoms with Crippen molar-refractivity contribution in [2.45, 2.75) is 76.3 Å². The number of amides is 2. The third kappa shape index (κ3) is 3.55. The highest BCUT2D eigenvalue weighted by Crippen LogP contribution is 2.31. The van der Waals surface area contributed by atoms with Gasteiger partial charge in [0.25, 0.3) is 0 Å². The molecule has 2 N–H and O–H groups in total. The molecule has 4 rings (SSSR count). The van der Waals surface area contributed by atoms with Gasteiger partial charge in [-0.3, -0.25) is 9.80 Å². The fraction of sp³-hybridized carbons (Fsp3) is 0.667. The third-order valence-corrected chi connectivity index (χ3v) is 6.57. The van der Waals surface area contributed by atoms with Gasteiger partial charge in [-0.15, -0.1) is 0 Å². The van der Waals surface area contributed by atoms with Crippen molar-refractivity contribution in [1.82, 2.24) is 4.90 Å². The van der Waals surface area contributed by atoms with Gasteiger partial charge in [-0.2, -0.15) is 0 Å². The highest BCUT2D eigenvalue weighted by atomic mass is 16.2. The molecule has 1 aromatic rings. The van der Waals surface area contributed by atoms with E-state index in [0.717, 1.165) is 44.0 Å². The Labute approximate surface area is 151 Å². The molecule has 0 atom stereocenters. The Kier molecular flexibility index (Phi) is 4.98. The predicted octanol–water partition coefficient (Wildman–Crippen LogP) is 3.86. The molecule has 0 saturated heterocycles. The van der Waals surface area contributed by atoms with Crippen LogP contribution < -0.4 is 10.6 Å². The first-order valence-corrected chi connectivity index (χ1v) is 10.2. The molecule has 25 heavy (non-hydrogen) atoms. The lowest BCUT2D eigenvalue weighted by atomic mass is 9.91. The molecule has 0 unspecified atom stereocenters. The van der Waals surface area contributed by atoms with Crippen LogP contribution in [0.25, 0.3) is 0 Å². The first kappa shape index (κ1) is 16.9. The van der Waals surface area contributed by atoms with E-state index >= 15 is 0 Å². The maximum Gasteiger partial charge on any atom is 0.319 e. The Balaban J connectivity index is 1.53. The topological polar surface area (TPSA) is 49.6 Å². The molecule has 4 heteroatoms. The molecule has 0 spiro atoms. The summed E-state index contributed by atoms with van der Waals surface area (Å²) in [7, 11) is 0. The number of benzene rings is 1. The minimum atomic E-state index is -0.295. The Morgan fingerprint density at radius 2 is 1.68 bits per heavy atom. The van der Waals surface area contributed by atoms with Crippen LogP contribution in [0.4, 0.5) is 10.5 Å². The van der Waals surface area contributed by atoms with E-state index < -0.39 is 0 Å². The van der Waals surface area contributed by atoms with E-state index in [1.54, 1.807) is 0 Å². The van der Waals surface area contributed by atoms with Crippen molar-refractivity contribution < 1.29 is 4.79 Å².